The van der Waals surface area contributed by atoms with Gasteiger partial charge in [0.25, 0.3) is 5.56 Å². The van der Waals surface area contributed by atoms with Crippen molar-refractivity contribution in [1.29, 1.82) is 0 Å². The first-order chi connectivity index (χ1) is 14.2. The number of alkyl halides is 3. The van der Waals surface area contributed by atoms with Gasteiger partial charge < -0.3 is 15.2 Å². The Kier molecular flexibility index (Phi) is 8.44. The van der Waals surface area contributed by atoms with Gasteiger partial charge in [-0.1, -0.05) is 12.1 Å². The van der Waals surface area contributed by atoms with Crippen molar-refractivity contribution >= 4 is 5.96 Å². The maximum atomic E-state index is 13.2. The third-order valence-corrected chi connectivity index (χ3v) is 4.50. The van der Waals surface area contributed by atoms with E-state index in [2.05, 4.69) is 15.6 Å². The largest absolute Gasteiger partial charge is 0.416 e. The summed E-state index contributed by atoms with van der Waals surface area (Å²) in [7, 11) is 0. The molecule has 0 aliphatic rings. The smallest absolute Gasteiger partial charge is 0.357 e. The van der Waals surface area contributed by atoms with Crippen molar-refractivity contribution in [3.63, 3.8) is 0 Å². The quantitative estimate of drug-likeness (QED) is 0.292. The molecule has 0 aliphatic carbocycles. The van der Waals surface area contributed by atoms with Crippen LogP contribution >= 0.6 is 0 Å². The van der Waals surface area contributed by atoms with Gasteiger partial charge >= 0.3 is 6.18 Å². The Morgan fingerprint density at radius 3 is 2.57 bits per heavy atom. The van der Waals surface area contributed by atoms with Crippen LogP contribution in [0.5, 0.6) is 0 Å². The van der Waals surface area contributed by atoms with Crippen molar-refractivity contribution in [2.45, 2.75) is 46.0 Å². The molecule has 0 atom stereocenters. The molecule has 164 valence electrons. The minimum Gasteiger partial charge on any atom is -0.357 e. The van der Waals surface area contributed by atoms with Crippen LogP contribution in [-0.4, -0.2) is 23.6 Å². The highest BCUT2D eigenvalue weighted by Crippen LogP contribution is 2.32. The van der Waals surface area contributed by atoms with E-state index in [9.17, 15) is 22.4 Å². The van der Waals surface area contributed by atoms with Crippen LogP contribution in [0.1, 0.15) is 36.6 Å². The number of aliphatic imine (C=N–C) groups is 1. The topological polar surface area (TPSA) is 58.4 Å². The van der Waals surface area contributed by atoms with Gasteiger partial charge in [0.15, 0.2) is 5.96 Å². The zero-order chi connectivity index (χ0) is 22.1. The maximum absolute atomic E-state index is 13.2. The maximum Gasteiger partial charge on any atom is 0.416 e. The fourth-order valence-corrected chi connectivity index (χ4v) is 2.97. The number of hydrogen-bond donors (Lipinski definition) is 2. The van der Waals surface area contributed by atoms with Crippen molar-refractivity contribution in [1.82, 2.24) is 15.2 Å². The average molecular weight is 426 g/mol. The van der Waals surface area contributed by atoms with Crippen molar-refractivity contribution in [2.24, 2.45) is 4.99 Å². The van der Waals surface area contributed by atoms with E-state index < -0.39 is 17.6 Å². The van der Waals surface area contributed by atoms with Gasteiger partial charge in [0.1, 0.15) is 5.82 Å². The highest BCUT2D eigenvalue weighted by Gasteiger charge is 2.33. The van der Waals surface area contributed by atoms with Gasteiger partial charge in [0.05, 0.1) is 12.1 Å². The molecule has 0 radical (unpaired) electrons. The predicted octanol–water partition coefficient (Wildman–Crippen LogP) is 3.85. The molecule has 0 aliphatic heterocycles. The first-order valence-electron chi connectivity index (χ1n) is 9.76. The fraction of sp³-hybridized carbons (Fsp3) is 0.429. The normalized spacial score (nSPS) is 12.1. The Morgan fingerprint density at radius 1 is 1.13 bits per heavy atom. The molecule has 0 unspecified atom stereocenters. The van der Waals surface area contributed by atoms with Crippen LogP contribution in [-0.2, 0) is 19.3 Å². The van der Waals surface area contributed by atoms with Crippen LogP contribution in [0, 0.1) is 12.7 Å². The monoisotopic (exact) mass is 426 g/mol. The van der Waals surface area contributed by atoms with Crippen molar-refractivity contribution in [3.05, 3.63) is 69.4 Å². The lowest BCUT2D eigenvalue weighted by molar-refractivity contribution is -0.138. The third-order valence-electron chi connectivity index (χ3n) is 4.50. The molecule has 0 saturated heterocycles. The minimum absolute atomic E-state index is 0.0439. The Balaban J connectivity index is 1.93. The summed E-state index contributed by atoms with van der Waals surface area (Å²) < 4.78 is 54.3. The molecule has 2 aromatic rings. The van der Waals surface area contributed by atoms with Gasteiger partial charge in [-0.25, -0.2) is 9.38 Å². The average Bonchev–Trinajstić information content (AvgIpc) is 2.67. The van der Waals surface area contributed by atoms with Gasteiger partial charge in [0, 0.05) is 31.4 Å². The van der Waals surface area contributed by atoms with Gasteiger partial charge in [0.2, 0.25) is 0 Å². The molecule has 1 aromatic carbocycles. The van der Waals surface area contributed by atoms with E-state index in [1.165, 1.54) is 6.07 Å². The number of hydrogen-bond acceptors (Lipinski definition) is 2. The highest BCUT2D eigenvalue weighted by atomic mass is 19.4. The molecule has 2 rings (SSSR count). The second kappa shape index (κ2) is 10.8. The summed E-state index contributed by atoms with van der Waals surface area (Å²) in [5, 5.41) is 6.05. The summed E-state index contributed by atoms with van der Waals surface area (Å²) in [5.41, 5.74) is -0.270. The number of pyridine rings is 1. The Hall–Kier alpha value is -2.84. The zero-order valence-corrected chi connectivity index (χ0v) is 17.0. The lowest BCUT2D eigenvalue weighted by Crippen LogP contribution is -2.37. The van der Waals surface area contributed by atoms with Crippen LogP contribution in [0.3, 0.4) is 0 Å². The summed E-state index contributed by atoms with van der Waals surface area (Å²) in [6, 6.07) is 7.70. The highest BCUT2D eigenvalue weighted by molar-refractivity contribution is 5.79. The second-order valence-electron chi connectivity index (χ2n) is 6.79. The molecule has 1 heterocycles. The van der Waals surface area contributed by atoms with E-state index in [4.69, 9.17) is 0 Å². The summed E-state index contributed by atoms with van der Waals surface area (Å²) in [6.07, 6.45) is -3.14. The van der Waals surface area contributed by atoms with Gasteiger partial charge in [-0.05, 0) is 50.5 Å². The molecule has 0 bridgehead atoms. The lowest BCUT2D eigenvalue weighted by Gasteiger charge is -2.14. The van der Waals surface area contributed by atoms with E-state index in [0.717, 1.165) is 30.7 Å². The van der Waals surface area contributed by atoms with E-state index >= 15 is 0 Å². The number of unbranched alkanes of at least 4 members (excludes halogenated alkanes) is 1. The molecule has 9 heteroatoms. The summed E-state index contributed by atoms with van der Waals surface area (Å²) >= 11 is 0. The molecule has 0 spiro atoms. The SMILES string of the molecule is CCNC(=NCc1ccc(F)cc1C(F)(F)F)NCCCCn1c(C)cccc1=O. The van der Waals surface area contributed by atoms with Crippen molar-refractivity contribution < 1.29 is 17.6 Å². The Bertz CT molecular complexity index is 922. The fourth-order valence-electron chi connectivity index (χ4n) is 2.97. The number of guanidine groups is 1. The molecular weight excluding hydrogens is 400 g/mol. The van der Waals surface area contributed by atoms with E-state index in [0.29, 0.717) is 31.7 Å². The standard InChI is InChI=1S/C21H26F4N4O/c1-3-26-20(27-11-4-5-12-29-15(2)7-6-8-19(29)30)28-14-16-9-10-17(22)13-18(16)21(23,24)25/h6-10,13H,3-5,11-12,14H2,1-2H3,(H2,26,27,28). The predicted molar refractivity (Wildman–Crippen MR) is 109 cm³/mol. The summed E-state index contributed by atoms with van der Waals surface area (Å²) in [4.78, 5) is 16.0. The third kappa shape index (κ3) is 6.89. The number of nitrogens with zero attached hydrogens (tertiary/aromatic N) is 2. The van der Waals surface area contributed by atoms with Crippen molar-refractivity contribution in [2.75, 3.05) is 13.1 Å². The molecule has 1 aromatic heterocycles. The van der Waals surface area contributed by atoms with Crippen LogP contribution in [0.15, 0.2) is 46.2 Å². The Labute approximate surface area is 172 Å². The lowest BCUT2D eigenvalue weighted by atomic mass is 10.1. The van der Waals surface area contributed by atoms with Gasteiger partial charge in [-0.15, -0.1) is 0 Å². The van der Waals surface area contributed by atoms with Crippen LogP contribution in [0.25, 0.3) is 0 Å². The number of aromatic nitrogens is 1. The second-order valence-corrected chi connectivity index (χ2v) is 6.79. The molecule has 0 fully saturated rings. The molecule has 5 nitrogen and oxygen atoms in total. The minimum atomic E-state index is -4.65. The zero-order valence-electron chi connectivity index (χ0n) is 17.0. The van der Waals surface area contributed by atoms with Crippen LogP contribution in [0.4, 0.5) is 17.6 Å². The number of nitrogens with one attached hydrogen (secondary N) is 2. The molecule has 30 heavy (non-hydrogen) atoms. The van der Waals surface area contributed by atoms with Gasteiger partial charge in [-0.2, -0.15) is 13.2 Å². The molecular formula is C21H26F4N4O. The summed E-state index contributed by atoms with van der Waals surface area (Å²) in [6.45, 7) is 5.16. The van der Waals surface area contributed by atoms with E-state index in [1.807, 2.05) is 19.9 Å². The number of benzene rings is 1. The van der Waals surface area contributed by atoms with Crippen LogP contribution < -0.4 is 16.2 Å². The first-order valence-corrected chi connectivity index (χ1v) is 9.76. The Morgan fingerprint density at radius 2 is 1.90 bits per heavy atom. The number of aryl methyl sites for hydroxylation is 1. The van der Waals surface area contributed by atoms with E-state index in [-0.39, 0.29) is 17.7 Å². The van der Waals surface area contributed by atoms with Crippen LogP contribution in [0.2, 0.25) is 0 Å². The molecule has 2 N–H and O–H groups in total. The first kappa shape index (κ1) is 23.4. The molecule has 0 amide bonds. The van der Waals surface area contributed by atoms with Gasteiger partial charge in [-0.3, -0.25) is 4.79 Å². The summed E-state index contributed by atoms with van der Waals surface area (Å²) in [5.74, 6) is -0.559. The molecule has 0 saturated carbocycles. The van der Waals surface area contributed by atoms with Crippen molar-refractivity contribution in [3.8, 4) is 0 Å². The van der Waals surface area contributed by atoms with E-state index in [1.54, 1.807) is 10.6 Å². The number of rotatable bonds is 8. The number of halogens is 4.